The van der Waals surface area contributed by atoms with Crippen molar-refractivity contribution >= 4 is 19.8 Å². The summed E-state index contributed by atoms with van der Waals surface area (Å²) in [5.74, 6) is -0.800. The van der Waals surface area contributed by atoms with E-state index in [1.807, 2.05) is 21.1 Å². The van der Waals surface area contributed by atoms with Crippen molar-refractivity contribution in [3.63, 3.8) is 0 Å². The molecule has 0 heterocycles. The zero-order valence-electron chi connectivity index (χ0n) is 51.3. The van der Waals surface area contributed by atoms with E-state index in [0.29, 0.717) is 23.9 Å². The normalized spacial score (nSPS) is 13.3. The maximum atomic E-state index is 12.7. The van der Waals surface area contributed by atoms with Crippen molar-refractivity contribution in [3.8, 4) is 0 Å². The predicted octanol–water partition coefficient (Wildman–Crippen LogP) is 20.9. The fourth-order valence-electron chi connectivity index (χ4n) is 9.88. The van der Waals surface area contributed by atoms with E-state index >= 15 is 0 Å². The molecule has 0 aromatic rings. The molecule has 2 atom stereocenters. The van der Waals surface area contributed by atoms with Crippen LogP contribution in [0, 0.1) is 0 Å². The second kappa shape index (κ2) is 58.2. The number of phosphoric acid groups is 1. The van der Waals surface area contributed by atoms with E-state index in [0.717, 1.165) is 64.2 Å². The maximum Gasteiger partial charge on any atom is 0.472 e. The van der Waals surface area contributed by atoms with Gasteiger partial charge in [0.2, 0.25) is 0 Å². The molecule has 1 N–H and O–H groups in total. The largest absolute Gasteiger partial charge is 0.472 e. The van der Waals surface area contributed by atoms with Crippen LogP contribution < -0.4 is 0 Å². The second-order valence-corrected chi connectivity index (χ2v) is 25.3. The highest BCUT2D eigenvalue weighted by Crippen LogP contribution is 2.43. The van der Waals surface area contributed by atoms with Crippen molar-refractivity contribution in [1.29, 1.82) is 0 Å². The van der Waals surface area contributed by atoms with Crippen LogP contribution in [0.5, 0.6) is 0 Å². The summed E-state index contributed by atoms with van der Waals surface area (Å²) in [5, 5.41) is 0. The molecule has 2 unspecified atom stereocenters. The molecule has 0 saturated carbocycles. The molecular weight excluding hydrogens is 966 g/mol. The number of hydrogen-bond acceptors (Lipinski definition) is 7. The summed E-state index contributed by atoms with van der Waals surface area (Å²) in [5.41, 5.74) is 0. The molecule has 450 valence electrons. The Kier molecular flexibility index (Phi) is 57.0. The van der Waals surface area contributed by atoms with Gasteiger partial charge < -0.3 is 18.9 Å². The Morgan fingerprint density at radius 2 is 0.737 bits per heavy atom. The first kappa shape index (κ1) is 74.5. The number of allylic oxidation sites excluding steroid dienone is 4. The number of carbonyl (C=O) groups excluding carboxylic acids is 2. The third-order valence-corrected chi connectivity index (χ3v) is 15.9. The van der Waals surface area contributed by atoms with Gasteiger partial charge in [-0.2, -0.15) is 0 Å². The number of phosphoric ester groups is 1. The van der Waals surface area contributed by atoms with Gasteiger partial charge in [-0.1, -0.05) is 308 Å². The Labute approximate surface area is 472 Å². The molecule has 10 heteroatoms. The highest BCUT2D eigenvalue weighted by Gasteiger charge is 2.27. The Bertz CT molecular complexity index is 1330. The molecule has 0 aliphatic carbocycles. The highest BCUT2D eigenvalue weighted by molar-refractivity contribution is 7.47. The van der Waals surface area contributed by atoms with Gasteiger partial charge in [0.05, 0.1) is 27.7 Å². The van der Waals surface area contributed by atoms with Crippen molar-refractivity contribution in [3.05, 3.63) is 24.3 Å². The quantitative estimate of drug-likeness (QED) is 0.0211. The molecular formula is C66H129NO8P+. The molecule has 0 aromatic carbocycles. The zero-order chi connectivity index (χ0) is 55.6. The van der Waals surface area contributed by atoms with Crippen LogP contribution in [0.15, 0.2) is 24.3 Å². The summed E-state index contributed by atoms with van der Waals surface area (Å²) in [6.07, 6.45) is 71.8. The van der Waals surface area contributed by atoms with Gasteiger partial charge in [-0.25, -0.2) is 4.57 Å². The molecule has 76 heavy (non-hydrogen) atoms. The fourth-order valence-corrected chi connectivity index (χ4v) is 10.6. The average molecular weight is 1100 g/mol. The minimum atomic E-state index is -4.38. The van der Waals surface area contributed by atoms with Crippen LogP contribution in [0.1, 0.15) is 335 Å². The van der Waals surface area contributed by atoms with E-state index in [-0.39, 0.29) is 25.6 Å². The number of ether oxygens (including phenoxy) is 2. The number of quaternary nitrogens is 1. The summed E-state index contributed by atoms with van der Waals surface area (Å²) in [6, 6.07) is 0. The summed E-state index contributed by atoms with van der Waals surface area (Å²) in [4.78, 5) is 35.6. The van der Waals surface area contributed by atoms with Crippen LogP contribution in [-0.2, 0) is 32.7 Å². The van der Waals surface area contributed by atoms with E-state index in [4.69, 9.17) is 18.5 Å². The van der Waals surface area contributed by atoms with Crippen LogP contribution in [0.3, 0.4) is 0 Å². The van der Waals surface area contributed by atoms with Gasteiger partial charge in [0, 0.05) is 12.8 Å². The van der Waals surface area contributed by atoms with Crippen LogP contribution in [0.2, 0.25) is 0 Å². The standard InChI is InChI=1S/C66H128NO8P/c1-6-8-10-12-14-16-18-20-21-22-23-24-25-26-27-28-29-30-31-32-33-34-35-36-37-38-39-40-41-42-43-44-45-47-48-50-52-54-56-58-65(68)72-62-64(63-74-76(70,71)73-61-60-67(3,4)5)75-66(69)59-57-55-53-51-49-46-19-17-15-13-11-9-7-2/h11,13,17,19,64H,6-10,12,14-16,18,20-63H2,1-5H3/p+1/b13-11-,19-17-. The van der Waals surface area contributed by atoms with Gasteiger partial charge in [-0.15, -0.1) is 0 Å². The van der Waals surface area contributed by atoms with E-state index in [2.05, 4.69) is 38.2 Å². The third-order valence-electron chi connectivity index (χ3n) is 15.0. The molecule has 0 amide bonds. The SMILES string of the molecule is CCC/C=C\C/C=C\CCCCCCCC(=O)OC(COC(=O)CCCCCCCCCCCCCCCCCCCCCCCCCCCCCCCCCCCCCCCCC)COP(=O)(O)OCC[N+](C)(C)C. The van der Waals surface area contributed by atoms with Gasteiger partial charge in [0.1, 0.15) is 19.8 Å². The van der Waals surface area contributed by atoms with Crippen molar-refractivity contribution in [2.75, 3.05) is 47.5 Å². The molecule has 0 fully saturated rings. The summed E-state index contributed by atoms with van der Waals surface area (Å²) in [6.45, 7) is 4.40. The Balaban J connectivity index is 3.81. The Hall–Kier alpha value is -1.51. The number of hydrogen-bond donors (Lipinski definition) is 1. The second-order valence-electron chi connectivity index (χ2n) is 23.9. The first-order chi connectivity index (χ1) is 37.0. The minimum absolute atomic E-state index is 0.0309. The van der Waals surface area contributed by atoms with Crippen LogP contribution in [0.25, 0.3) is 0 Å². The van der Waals surface area contributed by atoms with Crippen LogP contribution in [0.4, 0.5) is 0 Å². The first-order valence-corrected chi connectivity index (χ1v) is 34.6. The topological polar surface area (TPSA) is 108 Å². The van der Waals surface area contributed by atoms with Crippen LogP contribution in [-0.4, -0.2) is 74.9 Å². The molecule has 0 bridgehead atoms. The first-order valence-electron chi connectivity index (χ1n) is 33.1. The molecule has 0 aliphatic heterocycles. The van der Waals surface area contributed by atoms with E-state index < -0.39 is 26.5 Å². The van der Waals surface area contributed by atoms with Gasteiger partial charge in [-0.3, -0.25) is 18.6 Å². The van der Waals surface area contributed by atoms with Crippen molar-refractivity contribution in [1.82, 2.24) is 0 Å². The number of likely N-dealkylation sites (N-methyl/N-ethyl adjacent to an activating group) is 1. The number of unbranched alkanes of at least 4 members (excludes halogenated alkanes) is 44. The van der Waals surface area contributed by atoms with E-state index in [9.17, 15) is 19.0 Å². The van der Waals surface area contributed by atoms with Gasteiger partial charge in [0.15, 0.2) is 6.10 Å². The van der Waals surface area contributed by atoms with E-state index in [1.165, 1.54) is 238 Å². The maximum absolute atomic E-state index is 12.7. The fraction of sp³-hybridized carbons (Fsp3) is 0.909. The zero-order valence-corrected chi connectivity index (χ0v) is 52.2. The Morgan fingerprint density at radius 1 is 0.408 bits per heavy atom. The molecule has 0 rings (SSSR count). The van der Waals surface area contributed by atoms with Crippen molar-refractivity contribution < 1.29 is 42.1 Å². The van der Waals surface area contributed by atoms with Gasteiger partial charge in [0.25, 0.3) is 0 Å². The summed E-state index contributed by atoms with van der Waals surface area (Å²) < 4.78 is 34.5. The highest BCUT2D eigenvalue weighted by atomic mass is 31.2. The lowest BCUT2D eigenvalue weighted by Crippen LogP contribution is -2.37. The van der Waals surface area contributed by atoms with Crippen LogP contribution >= 0.6 is 7.82 Å². The monoisotopic (exact) mass is 1090 g/mol. The van der Waals surface area contributed by atoms with Crippen molar-refractivity contribution in [2.24, 2.45) is 0 Å². The lowest BCUT2D eigenvalue weighted by Gasteiger charge is -2.24. The van der Waals surface area contributed by atoms with Crippen molar-refractivity contribution in [2.45, 2.75) is 341 Å². The average Bonchev–Trinajstić information content (AvgIpc) is 3.38. The number of nitrogens with zero attached hydrogens (tertiary/aromatic N) is 1. The molecule has 0 aromatic heterocycles. The number of carbonyl (C=O) groups is 2. The molecule has 9 nitrogen and oxygen atoms in total. The number of esters is 2. The molecule has 0 saturated heterocycles. The smallest absolute Gasteiger partial charge is 0.462 e. The molecule has 0 radical (unpaired) electrons. The minimum Gasteiger partial charge on any atom is -0.462 e. The van der Waals surface area contributed by atoms with Gasteiger partial charge >= 0.3 is 19.8 Å². The third kappa shape index (κ3) is 61.7. The predicted molar refractivity (Wildman–Crippen MR) is 326 cm³/mol. The Morgan fingerprint density at radius 3 is 1.09 bits per heavy atom. The molecule has 0 spiro atoms. The van der Waals surface area contributed by atoms with E-state index in [1.54, 1.807) is 0 Å². The molecule has 0 aliphatic rings. The summed E-state index contributed by atoms with van der Waals surface area (Å²) >= 11 is 0. The number of rotatable bonds is 62. The summed E-state index contributed by atoms with van der Waals surface area (Å²) in [7, 11) is 1.48. The lowest BCUT2D eigenvalue weighted by molar-refractivity contribution is -0.870. The van der Waals surface area contributed by atoms with Gasteiger partial charge in [-0.05, 0) is 38.5 Å². The lowest BCUT2D eigenvalue weighted by atomic mass is 10.0.